The molecule has 11 nitrogen and oxygen atoms in total. The molecule has 1 aliphatic rings. The summed E-state index contributed by atoms with van der Waals surface area (Å²) in [5.41, 5.74) is -1.07. The summed E-state index contributed by atoms with van der Waals surface area (Å²) in [4.78, 5) is 57.1. The third-order valence-corrected chi connectivity index (χ3v) is 4.92. The number of carbonyl (C=O) groups is 2. The first kappa shape index (κ1) is 24.2. The van der Waals surface area contributed by atoms with Crippen molar-refractivity contribution in [3.05, 3.63) is 69.0 Å². The Morgan fingerprint density at radius 1 is 1.21 bits per heavy atom. The fourth-order valence-electron chi connectivity index (χ4n) is 3.51. The van der Waals surface area contributed by atoms with E-state index in [1.54, 1.807) is 20.8 Å². The minimum Gasteiger partial charge on any atom is -0.467 e. The number of nitrogens with one attached hydrogen (secondary N) is 2. The van der Waals surface area contributed by atoms with Gasteiger partial charge >= 0.3 is 17.8 Å². The van der Waals surface area contributed by atoms with E-state index in [1.807, 2.05) is 30.3 Å². The van der Waals surface area contributed by atoms with E-state index in [9.17, 15) is 19.2 Å². The zero-order valence-corrected chi connectivity index (χ0v) is 18.9. The molecule has 1 amide bonds. The lowest BCUT2D eigenvalue weighted by Gasteiger charge is -2.29. The first-order valence-corrected chi connectivity index (χ1v) is 10.4. The number of H-pyrrole nitrogens is 1. The highest BCUT2D eigenvalue weighted by molar-refractivity contribution is 5.82. The average Bonchev–Trinajstić information content (AvgIpc) is 3.14. The summed E-state index contributed by atoms with van der Waals surface area (Å²) in [7, 11) is 1.22. The Labute approximate surface area is 190 Å². The summed E-state index contributed by atoms with van der Waals surface area (Å²) in [6, 6.07) is 8.72. The van der Waals surface area contributed by atoms with E-state index < -0.39 is 47.2 Å². The lowest BCUT2D eigenvalue weighted by molar-refractivity contribution is -0.196. The molecule has 2 N–H and O–H groups in total. The number of hydroxylamine groups is 2. The highest BCUT2D eigenvalue weighted by Crippen LogP contribution is 2.32. The number of alkyl carbamates (subject to hydrolysis) is 1. The first-order valence-electron chi connectivity index (χ1n) is 10.4. The van der Waals surface area contributed by atoms with Gasteiger partial charge in [-0.05, 0) is 26.3 Å². The summed E-state index contributed by atoms with van der Waals surface area (Å²) in [6.07, 6.45) is -0.143. The van der Waals surface area contributed by atoms with Crippen LogP contribution in [0.3, 0.4) is 0 Å². The topological polar surface area (TPSA) is 132 Å². The van der Waals surface area contributed by atoms with Crippen LogP contribution in [0.15, 0.2) is 52.2 Å². The summed E-state index contributed by atoms with van der Waals surface area (Å²) in [6.45, 7) is 5.39. The molecule has 0 bridgehead atoms. The van der Waals surface area contributed by atoms with Crippen molar-refractivity contribution in [1.82, 2.24) is 19.9 Å². The Hall–Kier alpha value is -3.44. The standard InChI is InChI=1S/C22H28N4O7/c1-22(2,3)32-21(30)24-18(19(28)31-4)15-12-17(25-11-10-16(27)23-20(25)29)33-26(15)13-14-8-6-5-7-9-14/h5-11,15,17-18H,12-13H2,1-4H3,(H,24,30)(H,23,27,29)/t15-,17-,18+/m0/s1. The van der Waals surface area contributed by atoms with E-state index >= 15 is 0 Å². The molecule has 1 aliphatic heterocycles. The summed E-state index contributed by atoms with van der Waals surface area (Å²) in [5, 5.41) is 4.10. The molecule has 2 aromatic rings. The van der Waals surface area contributed by atoms with Crippen LogP contribution in [0.5, 0.6) is 0 Å². The van der Waals surface area contributed by atoms with Crippen molar-refractivity contribution in [2.75, 3.05) is 7.11 Å². The number of carbonyl (C=O) groups excluding carboxylic acids is 2. The normalized spacial score (nSPS) is 19.6. The maximum absolute atomic E-state index is 12.7. The fraction of sp³-hybridized carbons (Fsp3) is 0.455. The predicted molar refractivity (Wildman–Crippen MR) is 117 cm³/mol. The molecule has 0 aliphatic carbocycles. The summed E-state index contributed by atoms with van der Waals surface area (Å²) < 4.78 is 11.5. The smallest absolute Gasteiger partial charge is 0.408 e. The lowest BCUT2D eigenvalue weighted by atomic mass is 10.0. The molecule has 0 saturated carbocycles. The largest absolute Gasteiger partial charge is 0.467 e. The number of methoxy groups -OCH3 is 1. The number of hydrogen-bond donors (Lipinski definition) is 2. The molecule has 0 unspecified atom stereocenters. The molecule has 3 atom stereocenters. The Bertz CT molecular complexity index is 1090. The third-order valence-electron chi connectivity index (χ3n) is 4.92. The quantitative estimate of drug-likeness (QED) is 0.617. The van der Waals surface area contributed by atoms with Gasteiger partial charge in [-0.1, -0.05) is 30.3 Å². The third kappa shape index (κ3) is 6.30. The van der Waals surface area contributed by atoms with Crippen molar-refractivity contribution in [3.8, 4) is 0 Å². The molecule has 1 aromatic heterocycles. The van der Waals surface area contributed by atoms with Crippen molar-refractivity contribution in [3.63, 3.8) is 0 Å². The molecule has 11 heteroatoms. The number of nitrogens with zero attached hydrogens (tertiary/aromatic N) is 2. The van der Waals surface area contributed by atoms with Crippen LogP contribution in [0.4, 0.5) is 4.79 Å². The molecule has 0 spiro atoms. The van der Waals surface area contributed by atoms with Crippen molar-refractivity contribution in [1.29, 1.82) is 0 Å². The SMILES string of the molecule is COC(=O)[C@H](NC(=O)OC(C)(C)C)[C@@H]1C[C@@H](n2ccc(=O)[nH]c2=O)ON1Cc1ccccc1. The van der Waals surface area contributed by atoms with E-state index in [2.05, 4.69) is 10.3 Å². The molecular formula is C22H28N4O7. The second-order valence-corrected chi connectivity index (χ2v) is 8.59. The Morgan fingerprint density at radius 2 is 1.91 bits per heavy atom. The van der Waals surface area contributed by atoms with Gasteiger partial charge in [0.05, 0.1) is 13.2 Å². The summed E-state index contributed by atoms with van der Waals surface area (Å²) in [5.74, 6) is -0.693. The highest BCUT2D eigenvalue weighted by atomic mass is 16.7. The number of ether oxygens (including phenoxy) is 2. The maximum Gasteiger partial charge on any atom is 0.408 e. The lowest BCUT2D eigenvalue weighted by Crippen LogP contribution is -2.54. The van der Waals surface area contributed by atoms with Gasteiger partial charge in [0.15, 0.2) is 6.23 Å². The molecule has 3 rings (SSSR count). The summed E-state index contributed by atoms with van der Waals surface area (Å²) >= 11 is 0. The van der Waals surface area contributed by atoms with Gasteiger partial charge in [0.25, 0.3) is 5.56 Å². The van der Waals surface area contributed by atoms with Crippen molar-refractivity contribution in [2.24, 2.45) is 0 Å². The first-order chi connectivity index (χ1) is 15.6. The maximum atomic E-state index is 12.7. The molecule has 2 heterocycles. The second kappa shape index (κ2) is 10.0. The van der Waals surface area contributed by atoms with Gasteiger partial charge in [-0.2, -0.15) is 5.06 Å². The van der Waals surface area contributed by atoms with Crippen LogP contribution >= 0.6 is 0 Å². The number of aromatic amines is 1. The second-order valence-electron chi connectivity index (χ2n) is 8.59. The van der Waals surface area contributed by atoms with E-state index in [-0.39, 0.29) is 13.0 Å². The van der Waals surface area contributed by atoms with Crippen LogP contribution in [0.2, 0.25) is 0 Å². The molecule has 178 valence electrons. The number of rotatable bonds is 6. The number of amides is 1. The van der Waals surface area contributed by atoms with Gasteiger partial charge in [0, 0.05) is 25.2 Å². The Morgan fingerprint density at radius 3 is 2.52 bits per heavy atom. The van der Waals surface area contributed by atoms with Crippen LogP contribution in [0, 0.1) is 0 Å². The van der Waals surface area contributed by atoms with Gasteiger partial charge in [-0.3, -0.25) is 19.2 Å². The average molecular weight is 460 g/mol. The van der Waals surface area contributed by atoms with Gasteiger partial charge in [-0.25, -0.2) is 14.4 Å². The minimum atomic E-state index is -1.14. The molecule has 33 heavy (non-hydrogen) atoms. The molecule has 1 fully saturated rings. The van der Waals surface area contributed by atoms with Crippen LogP contribution in [0.25, 0.3) is 0 Å². The van der Waals surface area contributed by atoms with E-state index in [0.29, 0.717) is 0 Å². The fourth-order valence-corrected chi connectivity index (χ4v) is 3.51. The Balaban J connectivity index is 1.92. The van der Waals surface area contributed by atoms with Gasteiger partial charge in [0.2, 0.25) is 0 Å². The van der Waals surface area contributed by atoms with Crippen molar-refractivity contribution < 1.29 is 23.9 Å². The van der Waals surface area contributed by atoms with E-state index in [1.165, 1.54) is 29.0 Å². The van der Waals surface area contributed by atoms with Crippen LogP contribution in [0.1, 0.15) is 39.0 Å². The minimum absolute atomic E-state index is 0.147. The van der Waals surface area contributed by atoms with E-state index in [4.69, 9.17) is 14.3 Å². The van der Waals surface area contributed by atoms with Gasteiger partial charge in [-0.15, -0.1) is 0 Å². The molecular weight excluding hydrogens is 432 g/mol. The molecule has 1 saturated heterocycles. The van der Waals surface area contributed by atoms with Gasteiger partial charge in [0.1, 0.15) is 11.6 Å². The number of aromatic nitrogens is 2. The Kier molecular flexibility index (Phi) is 7.34. The van der Waals surface area contributed by atoms with Crippen molar-refractivity contribution in [2.45, 2.75) is 57.6 Å². The number of esters is 1. The zero-order chi connectivity index (χ0) is 24.2. The van der Waals surface area contributed by atoms with Crippen LogP contribution in [-0.4, -0.2) is 51.5 Å². The van der Waals surface area contributed by atoms with Gasteiger partial charge < -0.3 is 14.8 Å². The molecule has 1 aromatic carbocycles. The highest BCUT2D eigenvalue weighted by Gasteiger charge is 2.44. The molecule has 0 radical (unpaired) electrons. The number of benzene rings is 1. The monoisotopic (exact) mass is 460 g/mol. The predicted octanol–water partition coefficient (Wildman–Crippen LogP) is 1.31. The van der Waals surface area contributed by atoms with Crippen LogP contribution < -0.4 is 16.6 Å². The van der Waals surface area contributed by atoms with Crippen molar-refractivity contribution >= 4 is 12.1 Å². The van der Waals surface area contributed by atoms with Crippen LogP contribution in [-0.2, 0) is 25.7 Å². The number of hydrogen-bond acceptors (Lipinski definition) is 8. The zero-order valence-electron chi connectivity index (χ0n) is 18.9. The van der Waals surface area contributed by atoms with E-state index in [0.717, 1.165) is 5.56 Å².